The van der Waals surface area contributed by atoms with Gasteiger partial charge in [-0.2, -0.15) is 0 Å². The summed E-state index contributed by atoms with van der Waals surface area (Å²) in [5.41, 5.74) is 6.77. The zero-order chi connectivity index (χ0) is 8.55. The van der Waals surface area contributed by atoms with Crippen LogP contribution in [0.5, 0.6) is 5.75 Å². The summed E-state index contributed by atoms with van der Waals surface area (Å²) in [7, 11) is 0. The van der Waals surface area contributed by atoms with Gasteiger partial charge in [0, 0.05) is 16.6 Å². The van der Waals surface area contributed by atoms with Crippen molar-refractivity contribution in [2.45, 2.75) is 12.5 Å². The molecular formula is C9H11Cl2NO. The highest BCUT2D eigenvalue weighted by molar-refractivity contribution is 6.31. The maximum atomic E-state index is 5.97. The number of rotatable bonds is 0. The van der Waals surface area contributed by atoms with Gasteiger partial charge in [-0.15, -0.1) is 12.4 Å². The summed E-state index contributed by atoms with van der Waals surface area (Å²) in [5, 5.41) is 0.752. The van der Waals surface area contributed by atoms with Gasteiger partial charge in [-0.05, 0) is 18.6 Å². The molecule has 2 rings (SSSR count). The van der Waals surface area contributed by atoms with Gasteiger partial charge in [0.25, 0.3) is 0 Å². The Balaban J connectivity index is 0.000000845. The molecule has 0 saturated heterocycles. The molecule has 0 spiro atoms. The minimum Gasteiger partial charge on any atom is -0.492 e. The summed E-state index contributed by atoms with van der Waals surface area (Å²) in [4.78, 5) is 0. The molecule has 13 heavy (non-hydrogen) atoms. The van der Waals surface area contributed by atoms with Gasteiger partial charge >= 0.3 is 0 Å². The van der Waals surface area contributed by atoms with E-state index >= 15 is 0 Å². The standard InChI is InChI=1S/C9H10ClNO.ClH/c10-8-2-1-3-9-7(8)4-6(11)5-12-9;/h1-3,6H,4-5,11H2;1H. The van der Waals surface area contributed by atoms with Crippen molar-refractivity contribution in [1.82, 2.24) is 0 Å². The van der Waals surface area contributed by atoms with Crippen LogP contribution in [0.25, 0.3) is 0 Å². The quantitative estimate of drug-likeness (QED) is 0.725. The molecule has 0 aromatic heterocycles. The maximum absolute atomic E-state index is 5.97. The molecule has 0 aliphatic carbocycles. The number of halogens is 2. The second-order valence-electron chi connectivity index (χ2n) is 2.99. The van der Waals surface area contributed by atoms with E-state index in [1.165, 1.54) is 0 Å². The third-order valence-electron chi connectivity index (χ3n) is 2.00. The van der Waals surface area contributed by atoms with Crippen molar-refractivity contribution in [3.8, 4) is 5.75 Å². The number of fused-ring (bicyclic) bond motifs is 1. The zero-order valence-electron chi connectivity index (χ0n) is 7.00. The molecule has 1 aromatic carbocycles. The number of hydrogen-bond donors (Lipinski definition) is 1. The van der Waals surface area contributed by atoms with E-state index in [1.807, 2.05) is 18.2 Å². The number of hydrogen-bond acceptors (Lipinski definition) is 2. The molecule has 1 aliphatic heterocycles. The summed E-state index contributed by atoms with van der Waals surface area (Å²) in [6.07, 6.45) is 0.814. The first-order valence-electron chi connectivity index (χ1n) is 3.93. The molecule has 1 aliphatic rings. The molecular weight excluding hydrogens is 209 g/mol. The maximum Gasteiger partial charge on any atom is 0.124 e. The molecule has 72 valence electrons. The highest BCUT2D eigenvalue weighted by Gasteiger charge is 2.18. The van der Waals surface area contributed by atoms with Crippen LogP contribution in [0.2, 0.25) is 5.02 Å². The summed E-state index contributed by atoms with van der Waals surface area (Å²) >= 11 is 5.97. The highest BCUT2D eigenvalue weighted by atomic mass is 35.5. The Labute approximate surface area is 88.4 Å². The molecule has 2 N–H and O–H groups in total. The Morgan fingerprint density at radius 2 is 2.23 bits per heavy atom. The molecule has 0 radical (unpaired) electrons. The largest absolute Gasteiger partial charge is 0.492 e. The number of benzene rings is 1. The van der Waals surface area contributed by atoms with Gasteiger partial charge in [-0.3, -0.25) is 0 Å². The van der Waals surface area contributed by atoms with Crippen LogP contribution in [0.15, 0.2) is 18.2 Å². The fourth-order valence-electron chi connectivity index (χ4n) is 1.39. The molecule has 0 bridgehead atoms. The Hall–Kier alpha value is -0.440. The van der Waals surface area contributed by atoms with Crippen molar-refractivity contribution >= 4 is 24.0 Å². The van der Waals surface area contributed by atoms with E-state index in [0.717, 1.165) is 22.8 Å². The van der Waals surface area contributed by atoms with Crippen molar-refractivity contribution in [2.75, 3.05) is 6.61 Å². The van der Waals surface area contributed by atoms with E-state index in [-0.39, 0.29) is 18.4 Å². The van der Waals surface area contributed by atoms with Gasteiger partial charge in [0.05, 0.1) is 0 Å². The van der Waals surface area contributed by atoms with E-state index in [4.69, 9.17) is 22.1 Å². The van der Waals surface area contributed by atoms with Crippen molar-refractivity contribution < 1.29 is 4.74 Å². The first-order chi connectivity index (χ1) is 5.77. The van der Waals surface area contributed by atoms with E-state index in [2.05, 4.69) is 0 Å². The van der Waals surface area contributed by atoms with Crippen LogP contribution in [-0.4, -0.2) is 12.6 Å². The molecule has 0 fully saturated rings. The van der Waals surface area contributed by atoms with Crippen LogP contribution < -0.4 is 10.5 Å². The minimum absolute atomic E-state index is 0. The van der Waals surface area contributed by atoms with Crippen LogP contribution in [0, 0.1) is 0 Å². The minimum atomic E-state index is 0. The first kappa shape index (κ1) is 10.6. The topological polar surface area (TPSA) is 35.2 Å². The van der Waals surface area contributed by atoms with Crippen LogP contribution in [0.4, 0.5) is 0 Å². The summed E-state index contributed by atoms with van der Waals surface area (Å²) in [5.74, 6) is 0.879. The fourth-order valence-corrected chi connectivity index (χ4v) is 1.63. The third-order valence-corrected chi connectivity index (χ3v) is 2.35. The average molecular weight is 220 g/mol. The number of nitrogens with two attached hydrogens (primary N) is 1. The molecule has 1 atom stereocenters. The molecule has 0 amide bonds. The highest BCUT2D eigenvalue weighted by Crippen LogP contribution is 2.30. The second-order valence-corrected chi connectivity index (χ2v) is 3.40. The third kappa shape index (κ3) is 2.08. The van der Waals surface area contributed by atoms with Crippen molar-refractivity contribution in [3.05, 3.63) is 28.8 Å². The van der Waals surface area contributed by atoms with Crippen LogP contribution in [0.3, 0.4) is 0 Å². The van der Waals surface area contributed by atoms with Gasteiger partial charge in [-0.25, -0.2) is 0 Å². The predicted molar refractivity (Wildman–Crippen MR) is 55.9 cm³/mol. The first-order valence-corrected chi connectivity index (χ1v) is 4.31. The van der Waals surface area contributed by atoms with E-state index in [9.17, 15) is 0 Å². The van der Waals surface area contributed by atoms with Crippen LogP contribution in [0.1, 0.15) is 5.56 Å². The fraction of sp³-hybridized carbons (Fsp3) is 0.333. The monoisotopic (exact) mass is 219 g/mol. The van der Waals surface area contributed by atoms with Gasteiger partial charge < -0.3 is 10.5 Å². The normalized spacial score (nSPS) is 19.7. The Morgan fingerprint density at radius 3 is 3.00 bits per heavy atom. The Bertz CT molecular complexity index is 304. The summed E-state index contributed by atoms with van der Waals surface area (Å²) in [6, 6.07) is 5.75. The molecule has 1 heterocycles. The second kappa shape index (κ2) is 4.18. The van der Waals surface area contributed by atoms with E-state index in [1.54, 1.807) is 0 Å². The van der Waals surface area contributed by atoms with Crippen molar-refractivity contribution in [3.63, 3.8) is 0 Å². The van der Waals surface area contributed by atoms with E-state index < -0.39 is 0 Å². The molecule has 4 heteroatoms. The lowest BCUT2D eigenvalue weighted by molar-refractivity contribution is 0.263. The SMILES string of the molecule is Cl.NC1COc2cccc(Cl)c2C1. The molecule has 2 nitrogen and oxygen atoms in total. The number of ether oxygens (including phenoxy) is 1. The lowest BCUT2D eigenvalue weighted by atomic mass is 10.0. The lowest BCUT2D eigenvalue weighted by Crippen LogP contribution is -2.33. The van der Waals surface area contributed by atoms with Gasteiger partial charge in [0.1, 0.15) is 12.4 Å². The van der Waals surface area contributed by atoms with Gasteiger partial charge in [0.15, 0.2) is 0 Å². The predicted octanol–water partition coefficient (Wildman–Crippen LogP) is 2.02. The summed E-state index contributed by atoms with van der Waals surface area (Å²) in [6.45, 7) is 0.591. The molecule has 1 unspecified atom stereocenters. The lowest BCUT2D eigenvalue weighted by Gasteiger charge is -2.22. The van der Waals surface area contributed by atoms with Gasteiger partial charge in [0.2, 0.25) is 0 Å². The smallest absolute Gasteiger partial charge is 0.124 e. The molecule has 0 saturated carbocycles. The Morgan fingerprint density at radius 1 is 1.46 bits per heavy atom. The van der Waals surface area contributed by atoms with Crippen LogP contribution in [-0.2, 0) is 6.42 Å². The van der Waals surface area contributed by atoms with Gasteiger partial charge in [-0.1, -0.05) is 17.7 Å². The van der Waals surface area contributed by atoms with Crippen molar-refractivity contribution in [2.24, 2.45) is 5.73 Å². The van der Waals surface area contributed by atoms with Crippen molar-refractivity contribution in [1.29, 1.82) is 0 Å². The van der Waals surface area contributed by atoms with E-state index in [0.29, 0.717) is 6.61 Å². The van der Waals surface area contributed by atoms with Crippen LogP contribution >= 0.6 is 24.0 Å². The Kier molecular flexibility index (Phi) is 3.42. The average Bonchev–Trinajstić information content (AvgIpc) is 2.07. The zero-order valence-corrected chi connectivity index (χ0v) is 8.57. The molecule has 1 aromatic rings. The summed E-state index contributed by atoms with van der Waals surface area (Å²) < 4.78 is 5.41.